The second-order valence-electron chi connectivity index (χ2n) is 13.0. The molecule has 3 atom stereocenters. The lowest BCUT2D eigenvalue weighted by Crippen LogP contribution is -2.36. The average molecular weight is 744 g/mol. The molecule has 0 aromatic heterocycles. The van der Waals surface area contributed by atoms with Crippen LogP contribution in [0.4, 0.5) is 4.79 Å². The van der Waals surface area contributed by atoms with Crippen LogP contribution in [0.2, 0.25) is 0 Å². The highest BCUT2D eigenvalue weighted by atomic mass is 32.2. The zero-order valence-electron chi connectivity index (χ0n) is 28.9. The van der Waals surface area contributed by atoms with E-state index in [1.54, 1.807) is 0 Å². The van der Waals surface area contributed by atoms with E-state index in [1.807, 2.05) is 11.8 Å². The molecule has 3 rings (SSSR count). The summed E-state index contributed by atoms with van der Waals surface area (Å²) in [5.74, 6) is -4.26. The number of Topliss-reactive ketones (excluding diaryl/α,β-unsaturated/α-hetero) is 6. The smallest absolute Gasteiger partial charge is 0.336 e. The molecular formula is C36H45N3O12S. The number of hydrogen-bond acceptors (Lipinski definition) is 11. The number of benzene rings is 1. The minimum absolute atomic E-state index is 0.00303. The van der Waals surface area contributed by atoms with Crippen molar-refractivity contribution in [2.24, 2.45) is 0 Å². The van der Waals surface area contributed by atoms with Gasteiger partial charge in [-0.15, -0.1) is 0 Å². The number of amides is 3. The van der Waals surface area contributed by atoms with Crippen LogP contribution >= 0.6 is 11.8 Å². The minimum Gasteiger partial charge on any atom is -0.478 e. The van der Waals surface area contributed by atoms with Gasteiger partial charge in [-0.05, 0) is 31.0 Å². The minimum atomic E-state index is -1.42. The van der Waals surface area contributed by atoms with E-state index in [-0.39, 0.29) is 141 Å². The van der Waals surface area contributed by atoms with Crippen molar-refractivity contribution in [3.8, 4) is 0 Å². The second kappa shape index (κ2) is 21.0. The molecule has 1 aromatic rings. The molecule has 2 saturated heterocycles. The summed E-state index contributed by atoms with van der Waals surface area (Å²) >= 11 is 1.83. The fourth-order valence-corrected chi connectivity index (χ4v) is 7.47. The maximum Gasteiger partial charge on any atom is 0.336 e. The number of unbranched alkanes of at least 4 members (excludes halogenated alkanes) is 1. The molecule has 0 unspecified atom stereocenters. The molecule has 2 heterocycles. The number of fused-ring (bicyclic) bond motifs is 1. The first-order valence-electron chi connectivity index (χ1n) is 17.4. The van der Waals surface area contributed by atoms with Crippen LogP contribution in [0.3, 0.4) is 0 Å². The molecule has 282 valence electrons. The zero-order chi connectivity index (χ0) is 38.2. The summed E-state index contributed by atoms with van der Waals surface area (Å²) in [4.78, 5) is 120. The highest BCUT2D eigenvalue weighted by Gasteiger charge is 2.42. The first-order chi connectivity index (χ1) is 24.7. The number of carbonyl (C=O) groups excluding carboxylic acids is 8. The SMILES string of the molecule is O=C(CCNC(=O)CCCC[C@@H]1SC[C@@H]2NC(=O)N[C@@H]21)CCC(=O)CCC(=O)CCC(=O)CCC(=O)CCC(=O)c1cc(C(=O)O)ccc1C(=O)O. The van der Waals surface area contributed by atoms with Gasteiger partial charge in [-0.25, -0.2) is 14.4 Å². The molecule has 16 heteroatoms. The monoisotopic (exact) mass is 743 g/mol. The normalized spacial score (nSPS) is 17.4. The summed E-state index contributed by atoms with van der Waals surface area (Å²) in [5.41, 5.74) is -0.979. The molecule has 0 bridgehead atoms. The summed E-state index contributed by atoms with van der Waals surface area (Å²) < 4.78 is 0. The number of aromatic carboxylic acids is 2. The number of carbonyl (C=O) groups is 10. The molecule has 3 amide bonds. The van der Waals surface area contributed by atoms with E-state index in [9.17, 15) is 53.1 Å². The Morgan fingerprint density at radius 2 is 1.19 bits per heavy atom. The van der Waals surface area contributed by atoms with E-state index >= 15 is 0 Å². The zero-order valence-corrected chi connectivity index (χ0v) is 29.7. The Balaban J connectivity index is 1.18. The molecule has 0 radical (unpaired) electrons. The number of ketones is 6. The van der Waals surface area contributed by atoms with Gasteiger partial charge in [-0.2, -0.15) is 11.8 Å². The lowest BCUT2D eigenvalue weighted by atomic mass is 9.96. The van der Waals surface area contributed by atoms with Gasteiger partial charge in [0, 0.05) is 100 Å². The van der Waals surface area contributed by atoms with Crippen molar-refractivity contribution in [3.63, 3.8) is 0 Å². The molecule has 0 saturated carbocycles. The summed E-state index contributed by atoms with van der Waals surface area (Å²) in [6.45, 7) is 0.179. The predicted octanol–water partition coefficient (Wildman–Crippen LogP) is 3.24. The van der Waals surface area contributed by atoms with Crippen molar-refractivity contribution >= 4 is 70.3 Å². The molecule has 5 N–H and O–H groups in total. The largest absolute Gasteiger partial charge is 0.478 e. The predicted molar refractivity (Wildman–Crippen MR) is 187 cm³/mol. The van der Waals surface area contributed by atoms with E-state index in [2.05, 4.69) is 16.0 Å². The molecule has 2 aliphatic rings. The van der Waals surface area contributed by atoms with Crippen LogP contribution in [-0.4, -0.2) is 98.4 Å². The van der Waals surface area contributed by atoms with Crippen molar-refractivity contribution in [2.45, 2.75) is 114 Å². The first kappa shape index (κ1) is 41.7. The Labute approximate surface area is 304 Å². The van der Waals surface area contributed by atoms with E-state index in [4.69, 9.17) is 5.11 Å². The van der Waals surface area contributed by atoms with Crippen molar-refractivity contribution < 1.29 is 58.2 Å². The maximum absolute atomic E-state index is 12.5. The van der Waals surface area contributed by atoms with Gasteiger partial charge in [0.05, 0.1) is 23.2 Å². The molecule has 15 nitrogen and oxygen atoms in total. The molecular weight excluding hydrogens is 698 g/mol. The van der Waals surface area contributed by atoms with Crippen molar-refractivity contribution in [2.75, 3.05) is 12.3 Å². The van der Waals surface area contributed by atoms with Crippen molar-refractivity contribution in [1.82, 2.24) is 16.0 Å². The quantitative estimate of drug-likeness (QED) is 0.0520. The number of carboxylic acid groups (broad SMARTS) is 2. The Morgan fingerprint density at radius 3 is 1.73 bits per heavy atom. The highest BCUT2D eigenvalue weighted by molar-refractivity contribution is 8.00. The van der Waals surface area contributed by atoms with Gasteiger partial charge < -0.3 is 26.2 Å². The van der Waals surface area contributed by atoms with E-state index in [0.29, 0.717) is 18.1 Å². The van der Waals surface area contributed by atoms with Gasteiger partial charge in [0.25, 0.3) is 0 Å². The third-order valence-electron chi connectivity index (χ3n) is 8.97. The average Bonchev–Trinajstić information content (AvgIpc) is 3.67. The van der Waals surface area contributed by atoms with Gasteiger partial charge >= 0.3 is 18.0 Å². The van der Waals surface area contributed by atoms with E-state index in [1.165, 1.54) is 0 Å². The molecule has 0 aliphatic carbocycles. The summed E-state index contributed by atoms with van der Waals surface area (Å²) in [7, 11) is 0. The van der Waals surface area contributed by atoms with Gasteiger partial charge in [0.2, 0.25) is 5.91 Å². The first-order valence-corrected chi connectivity index (χ1v) is 18.5. The van der Waals surface area contributed by atoms with Gasteiger partial charge in [-0.1, -0.05) is 6.42 Å². The third-order valence-corrected chi connectivity index (χ3v) is 10.5. The van der Waals surface area contributed by atoms with Crippen LogP contribution in [0.5, 0.6) is 0 Å². The molecule has 2 fully saturated rings. The molecule has 0 spiro atoms. The van der Waals surface area contributed by atoms with E-state index in [0.717, 1.165) is 36.8 Å². The number of thioether (sulfide) groups is 1. The number of hydrogen-bond donors (Lipinski definition) is 5. The maximum atomic E-state index is 12.5. The number of carboxylic acids is 2. The van der Waals surface area contributed by atoms with Crippen molar-refractivity contribution in [3.05, 3.63) is 34.9 Å². The molecule has 52 heavy (non-hydrogen) atoms. The van der Waals surface area contributed by atoms with Gasteiger partial charge in [0.1, 0.15) is 28.9 Å². The summed E-state index contributed by atoms with van der Waals surface area (Å²) in [6, 6.07) is 3.20. The van der Waals surface area contributed by atoms with Crippen LogP contribution in [0.15, 0.2) is 18.2 Å². The number of nitrogens with one attached hydrogen (secondary N) is 3. The van der Waals surface area contributed by atoms with E-state index < -0.39 is 23.5 Å². The lowest BCUT2D eigenvalue weighted by Gasteiger charge is -2.16. The number of urea groups is 1. The third kappa shape index (κ3) is 14.1. The Kier molecular flexibility index (Phi) is 16.8. The highest BCUT2D eigenvalue weighted by Crippen LogP contribution is 2.33. The van der Waals surface area contributed by atoms with Crippen LogP contribution in [-0.2, 0) is 28.8 Å². The molecule has 1 aromatic carbocycles. The second-order valence-corrected chi connectivity index (χ2v) is 14.2. The van der Waals surface area contributed by atoms with Crippen LogP contribution in [0, 0.1) is 0 Å². The molecule has 2 aliphatic heterocycles. The van der Waals surface area contributed by atoms with Crippen molar-refractivity contribution in [1.29, 1.82) is 0 Å². The van der Waals surface area contributed by atoms with Crippen LogP contribution < -0.4 is 16.0 Å². The standard InChI is InChI=1S/C36H45N3O12S/c40-22(6-7-23(41)10-11-25(43)14-16-30(45)28-19-21(34(47)48)5-15-27(28)35(49)50)8-9-24(42)12-13-26(44)17-18-37-32(46)4-2-1-3-31-33-29(20-52-31)38-36(51)39-33/h5,15,19,29,31,33H,1-4,6-14,16-18,20H2,(H,37,46)(H,47,48)(H,49,50)(H2,38,39,51)/t29-,31-,33-/m0/s1. The fourth-order valence-electron chi connectivity index (χ4n) is 5.93. The van der Waals surface area contributed by atoms with Crippen LogP contribution in [0.1, 0.15) is 127 Å². The number of rotatable bonds is 26. The summed E-state index contributed by atoms with van der Waals surface area (Å²) in [6.07, 6.45) is 1.54. The van der Waals surface area contributed by atoms with Gasteiger partial charge in [0.15, 0.2) is 5.78 Å². The van der Waals surface area contributed by atoms with Crippen LogP contribution in [0.25, 0.3) is 0 Å². The Morgan fingerprint density at radius 1 is 0.654 bits per heavy atom. The fraction of sp³-hybridized carbons (Fsp3) is 0.556. The van der Waals surface area contributed by atoms with Gasteiger partial charge in [-0.3, -0.25) is 33.6 Å². The summed E-state index contributed by atoms with van der Waals surface area (Å²) in [5, 5.41) is 27.3. The Bertz CT molecular complexity index is 1570. The topological polar surface area (TPSA) is 247 Å². The Hall–Kier alpha value is -4.73. The lowest BCUT2D eigenvalue weighted by molar-refractivity contribution is -0.127.